The fraction of sp³-hybridized carbons (Fsp3) is 0.231. The largest absolute Gasteiger partial charge is 0.329 e. The molecular weight excluding hydrogens is 386 g/mol. The molecule has 1 saturated heterocycles. The predicted octanol–water partition coefficient (Wildman–Crippen LogP) is 5.11. The molecule has 2 aromatic carbocycles. The van der Waals surface area contributed by atoms with Crippen molar-refractivity contribution in [2.75, 3.05) is 0 Å². The summed E-state index contributed by atoms with van der Waals surface area (Å²) in [6, 6.07) is 15.9. The number of hydrogen-bond acceptors (Lipinski definition) is 2. The van der Waals surface area contributed by atoms with Gasteiger partial charge in [0.05, 0.1) is 6.54 Å². The Balaban J connectivity index is 1.64. The molecule has 31 heavy (non-hydrogen) atoms. The topological polar surface area (TPSA) is 54.3 Å². The number of urea groups is 1. The highest BCUT2D eigenvalue weighted by Gasteiger charge is 2.33. The molecule has 3 aromatic rings. The van der Waals surface area contributed by atoms with Crippen molar-refractivity contribution in [2.24, 2.45) is 0 Å². The molecule has 0 radical (unpaired) electrons. The Labute approximate surface area is 183 Å². The van der Waals surface area contributed by atoms with Crippen LogP contribution in [0.4, 0.5) is 4.79 Å². The first kappa shape index (κ1) is 20.7. The molecule has 0 bridgehead atoms. The zero-order valence-corrected chi connectivity index (χ0v) is 18.6. The second kappa shape index (κ2) is 7.91. The Hall–Kier alpha value is -3.60. The number of aryl methyl sites for hydroxylation is 4. The third-order valence-electron chi connectivity index (χ3n) is 5.79. The minimum Gasteiger partial charge on any atom is -0.318 e. The number of nitrogens with one attached hydrogen (secondary N) is 1. The van der Waals surface area contributed by atoms with Crippen LogP contribution in [0.1, 0.15) is 39.2 Å². The minimum atomic E-state index is -0.389. The lowest BCUT2D eigenvalue weighted by Gasteiger charge is -2.13. The predicted molar refractivity (Wildman–Crippen MR) is 123 cm³/mol. The van der Waals surface area contributed by atoms with E-state index >= 15 is 0 Å². The number of aromatic nitrogens is 1. The molecule has 0 saturated carbocycles. The molecule has 4 rings (SSSR count). The maximum atomic E-state index is 12.9. The summed E-state index contributed by atoms with van der Waals surface area (Å²) >= 11 is 0. The van der Waals surface area contributed by atoms with Crippen molar-refractivity contribution in [3.8, 4) is 5.69 Å². The van der Waals surface area contributed by atoms with Crippen molar-refractivity contribution in [2.45, 2.75) is 41.2 Å². The third kappa shape index (κ3) is 3.91. The van der Waals surface area contributed by atoms with E-state index < -0.39 is 0 Å². The van der Waals surface area contributed by atoms with Gasteiger partial charge in [-0.3, -0.25) is 9.69 Å². The average Bonchev–Trinajstić information content (AvgIpc) is 3.14. The first-order chi connectivity index (χ1) is 14.7. The van der Waals surface area contributed by atoms with Gasteiger partial charge in [-0.05, 0) is 69.5 Å². The van der Waals surface area contributed by atoms with Crippen LogP contribution < -0.4 is 5.32 Å². The highest BCUT2D eigenvalue weighted by atomic mass is 16.2. The van der Waals surface area contributed by atoms with E-state index in [0.717, 1.165) is 33.8 Å². The molecule has 1 aliphatic rings. The van der Waals surface area contributed by atoms with Crippen LogP contribution in [-0.2, 0) is 11.3 Å². The molecule has 3 amide bonds. The fourth-order valence-electron chi connectivity index (χ4n) is 4.11. The molecule has 2 heterocycles. The second-order valence-corrected chi connectivity index (χ2v) is 8.32. The quantitative estimate of drug-likeness (QED) is 0.477. The van der Waals surface area contributed by atoms with Crippen molar-refractivity contribution in [3.63, 3.8) is 0 Å². The number of nitrogens with zero attached hydrogens (tertiary/aromatic N) is 2. The van der Waals surface area contributed by atoms with Gasteiger partial charge in [-0.15, -0.1) is 0 Å². The molecule has 1 N–H and O–H groups in total. The smallest absolute Gasteiger partial charge is 0.318 e. The summed E-state index contributed by atoms with van der Waals surface area (Å²) in [5.74, 6) is -0.304. The maximum Gasteiger partial charge on any atom is 0.329 e. The van der Waals surface area contributed by atoms with E-state index in [-0.39, 0.29) is 18.5 Å². The first-order valence-electron chi connectivity index (χ1n) is 10.4. The van der Waals surface area contributed by atoms with E-state index in [1.807, 2.05) is 51.1 Å². The molecule has 0 aliphatic carbocycles. The van der Waals surface area contributed by atoms with E-state index in [9.17, 15) is 9.59 Å². The first-order valence-corrected chi connectivity index (χ1v) is 10.4. The molecule has 1 aromatic heterocycles. The Morgan fingerprint density at radius 3 is 2.23 bits per heavy atom. The van der Waals surface area contributed by atoms with Gasteiger partial charge in [-0.25, -0.2) is 4.79 Å². The van der Waals surface area contributed by atoms with Gasteiger partial charge in [-0.1, -0.05) is 47.5 Å². The second-order valence-electron chi connectivity index (χ2n) is 8.32. The fourth-order valence-corrected chi connectivity index (χ4v) is 4.11. The molecule has 1 fully saturated rings. The highest BCUT2D eigenvalue weighted by Crippen LogP contribution is 2.26. The van der Waals surface area contributed by atoms with Crippen LogP contribution in [0.5, 0.6) is 0 Å². The summed E-state index contributed by atoms with van der Waals surface area (Å²) in [4.78, 5) is 26.6. The molecule has 0 unspecified atom stereocenters. The van der Waals surface area contributed by atoms with Gasteiger partial charge in [0.2, 0.25) is 0 Å². The normalized spacial score (nSPS) is 15.1. The Morgan fingerprint density at radius 1 is 0.871 bits per heavy atom. The molecule has 158 valence electrons. The number of imide groups is 1. The van der Waals surface area contributed by atoms with Crippen molar-refractivity contribution in [1.82, 2.24) is 14.8 Å². The van der Waals surface area contributed by atoms with E-state index in [1.165, 1.54) is 16.0 Å². The SMILES string of the molecule is Cc1ccc(CN2C(=O)N/C(=C/c3cc(C)n(-c4ccc(C)cc4C)c3C)C2=O)cc1. The lowest BCUT2D eigenvalue weighted by Crippen LogP contribution is -2.30. The summed E-state index contributed by atoms with van der Waals surface area (Å²) in [5.41, 5.74) is 8.91. The van der Waals surface area contributed by atoms with E-state index in [0.29, 0.717) is 5.70 Å². The monoisotopic (exact) mass is 413 g/mol. The Kier molecular flexibility index (Phi) is 5.27. The van der Waals surface area contributed by atoms with E-state index in [4.69, 9.17) is 0 Å². The molecule has 5 nitrogen and oxygen atoms in total. The standard InChI is InChI=1S/C26H27N3O2/c1-16-6-9-21(10-7-16)15-28-25(30)23(27-26(28)31)14-22-13-19(4)29(20(22)5)24-11-8-17(2)12-18(24)3/h6-14H,15H2,1-5H3,(H,27,31)/b23-14+. The summed E-state index contributed by atoms with van der Waals surface area (Å²) in [5, 5.41) is 2.74. The lowest BCUT2D eigenvalue weighted by atomic mass is 10.1. The van der Waals surface area contributed by atoms with Crippen LogP contribution in [0.25, 0.3) is 11.8 Å². The minimum absolute atomic E-state index is 0.254. The van der Waals surface area contributed by atoms with Gasteiger partial charge >= 0.3 is 6.03 Å². The zero-order valence-electron chi connectivity index (χ0n) is 18.6. The lowest BCUT2D eigenvalue weighted by molar-refractivity contribution is -0.123. The van der Waals surface area contributed by atoms with Crippen LogP contribution in [0.2, 0.25) is 0 Å². The number of rotatable bonds is 4. The van der Waals surface area contributed by atoms with Crippen LogP contribution in [-0.4, -0.2) is 21.4 Å². The van der Waals surface area contributed by atoms with Crippen LogP contribution in [0, 0.1) is 34.6 Å². The maximum absolute atomic E-state index is 12.9. The van der Waals surface area contributed by atoms with Gasteiger partial charge in [-0.2, -0.15) is 0 Å². The summed E-state index contributed by atoms with van der Waals surface area (Å²) < 4.78 is 2.19. The van der Waals surface area contributed by atoms with Crippen molar-refractivity contribution in [1.29, 1.82) is 0 Å². The Bertz CT molecular complexity index is 1220. The van der Waals surface area contributed by atoms with Crippen molar-refractivity contribution < 1.29 is 9.59 Å². The van der Waals surface area contributed by atoms with Crippen LogP contribution in [0.15, 0.2) is 54.2 Å². The van der Waals surface area contributed by atoms with Gasteiger partial charge in [0, 0.05) is 17.1 Å². The van der Waals surface area contributed by atoms with E-state index in [2.05, 4.69) is 41.9 Å². The molecule has 1 aliphatic heterocycles. The van der Waals surface area contributed by atoms with Crippen molar-refractivity contribution >= 4 is 18.0 Å². The number of amides is 3. The third-order valence-corrected chi connectivity index (χ3v) is 5.79. The molecule has 0 atom stereocenters. The highest BCUT2D eigenvalue weighted by molar-refractivity contribution is 6.14. The van der Waals surface area contributed by atoms with Gasteiger partial charge < -0.3 is 9.88 Å². The van der Waals surface area contributed by atoms with Gasteiger partial charge in [0.15, 0.2) is 0 Å². The van der Waals surface area contributed by atoms with Crippen molar-refractivity contribution in [3.05, 3.63) is 93.4 Å². The Morgan fingerprint density at radius 2 is 1.55 bits per heavy atom. The molecule has 5 heteroatoms. The van der Waals surface area contributed by atoms with E-state index in [1.54, 1.807) is 6.08 Å². The van der Waals surface area contributed by atoms with Gasteiger partial charge in [0.1, 0.15) is 5.70 Å². The molecular formula is C26H27N3O2. The number of benzene rings is 2. The number of carbonyl (C=O) groups excluding carboxylic acids is 2. The summed E-state index contributed by atoms with van der Waals surface area (Å²) in [7, 11) is 0. The number of carbonyl (C=O) groups is 2. The summed E-state index contributed by atoms with van der Waals surface area (Å²) in [6.07, 6.45) is 1.78. The molecule has 0 spiro atoms. The average molecular weight is 414 g/mol. The zero-order chi connectivity index (χ0) is 22.3. The van der Waals surface area contributed by atoms with Gasteiger partial charge in [0.25, 0.3) is 5.91 Å². The summed E-state index contributed by atoms with van der Waals surface area (Å²) in [6.45, 7) is 10.5. The number of hydrogen-bond donors (Lipinski definition) is 1. The van der Waals surface area contributed by atoms with Crippen LogP contribution in [0.3, 0.4) is 0 Å². The van der Waals surface area contributed by atoms with Crippen LogP contribution >= 0.6 is 0 Å².